The van der Waals surface area contributed by atoms with Gasteiger partial charge in [-0.15, -0.1) is 0 Å². The Labute approximate surface area is 216 Å². The summed E-state index contributed by atoms with van der Waals surface area (Å²) < 4.78 is 45.0. The summed E-state index contributed by atoms with van der Waals surface area (Å²) in [6.07, 6.45) is -3.17. The number of alkyl halides is 3. The van der Waals surface area contributed by atoms with Crippen LogP contribution in [-0.4, -0.2) is 22.5 Å². The van der Waals surface area contributed by atoms with Crippen molar-refractivity contribution in [3.63, 3.8) is 0 Å². The molecular formula is C26H25BrClF3N2O2. The third kappa shape index (κ3) is 7.45. The van der Waals surface area contributed by atoms with Crippen LogP contribution in [0.1, 0.15) is 43.4 Å². The van der Waals surface area contributed by atoms with Crippen LogP contribution in [0.4, 0.5) is 13.2 Å². The number of ether oxygens (including phenoxy) is 1. The standard InChI is InChI=1S/C26H25BrClF3N2O2/c1-16(22(18-5-4-6-20(27)14-18)13-17-7-10-21(28)11-8-17)33-24(34)25(2,3)35-23-12-9-19(15-32-23)26(29,30)31/h4-12,14-16,22H,13H2,1-3H3,(H,33,34)/t16-,22+/m0/s1. The number of rotatable bonds is 8. The summed E-state index contributed by atoms with van der Waals surface area (Å²) in [6, 6.07) is 17.1. The lowest BCUT2D eigenvalue weighted by Crippen LogP contribution is -2.51. The first-order valence-corrected chi connectivity index (χ1v) is 12.1. The van der Waals surface area contributed by atoms with Gasteiger partial charge in [0.05, 0.1) is 5.56 Å². The Hall–Kier alpha value is -2.58. The quantitative estimate of drug-likeness (QED) is 0.312. The summed E-state index contributed by atoms with van der Waals surface area (Å²) in [5.41, 5.74) is -0.168. The first-order valence-electron chi connectivity index (χ1n) is 10.9. The first-order chi connectivity index (χ1) is 16.3. The Morgan fingerprint density at radius 2 is 1.80 bits per heavy atom. The zero-order valence-electron chi connectivity index (χ0n) is 19.4. The fourth-order valence-electron chi connectivity index (χ4n) is 3.59. The summed E-state index contributed by atoms with van der Waals surface area (Å²) in [5.74, 6) is -0.559. The van der Waals surface area contributed by atoms with Crippen molar-refractivity contribution in [2.75, 3.05) is 0 Å². The van der Waals surface area contributed by atoms with Crippen molar-refractivity contribution in [2.45, 2.75) is 50.9 Å². The highest BCUT2D eigenvalue weighted by Crippen LogP contribution is 2.30. The van der Waals surface area contributed by atoms with E-state index in [0.717, 1.165) is 27.7 Å². The number of hydrogen-bond donors (Lipinski definition) is 1. The monoisotopic (exact) mass is 568 g/mol. The summed E-state index contributed by atoms with van der Waals surface area (Å²) in [7, 11) is 0. The number of nitrogens with zero attached hydrogens (tertiary/aromatic N) is 1. The number of amides is 1. The van der Waals surface area contributed by atoms with E-state index in [0.29, 0.717) is 17.6 Å². The van der Waals surface area contributed by atoms with Crippen molar-refractivity contribution in [3.8, 4) is 5.88 Å². The predicted octanol–water partition coefficient (Wildman–Crippen LogP) is 7.20. The number of pyridine rings is 1. The van der Waals surface area contributed by atoms with E-state index in [4.69, 9.17) is 16.3 Å². The van der Waals surface area contributed by atoms with Gasteiger partial charge in [0, 0.05) is 33.7 Å². The Morgan fingerprint density at radius 1 is 1.11 bits per heavy atom. The van der Waals surface area contributed by atoms with Gasteiger partial charge in [-0.1, -0.05) is 51.8 Å². The topological polar surface area (TPSA) is 51.2 Å². The van der Waals surface area contributed by atoms with Crippen LogP contribution >= 0.6 is 27.5 Å². The van der Waals surface area contributed by atoms with E-state index in [1.807, 2.05) is 55.5 Å². The molecule has 0 bridgehead atoms. The SMILES string of the molecule is C[C@H](NC(=O)C(C)(C)Oc1ccc(C(F)(F)F)cn1)[C@@H](Cc1ccc(Cl)cc1)c1cccc(Br)c1. The van der Waals surface area contributed by atoms with Gasteiger partial charge in [0.15, 0.2) is 5.60 Å². The van der Waals surface area contributed by atoms with E-state index < -0.39 is 23.2 Å². The van der Waals surface area contributed by atoms with Crippen LogP contribution in [0, 0.1) is 0 Å². The Bertz CT molecular complexity index is 1150. The second kappa shape index (κ2) is 11.0. The average molecular weight is 570 g/mol. The molecule has 1 heterocycles. The molecule has 0 aliphatic heterocycles. The minimum Gasteiger partial charge on any atom is -0.462 e. The van der Waals surface area contributed by atoms with Gasteiger partial charge >= 0.3 is 6.18 Å². The van der Waals surface area contributed by atoms with E-state index >= 15 is 0 Å². The molecule has 0 saturated heterocycles. The molecule has 9 heteroatoms. The minimum absolute atomic E-state index is 0.0716. The van der Waals surface area contributed by atoms with Gasteiger partial charge in [-0.05, 0) is 68.7 Å². The lowest BCUT2D eigenvalue weighted by molar-refractivity contribution is -0.138. The van der Waals surface area contributed by atoms with Gasteiger partial charge in [-0.2, -0.15) is 13.2 Å². The molecule has 2 atom stereocenters. The molecule has 1 aromatic heterocycles. The van der Waals surface area contributed by atoms with Crippen LogP contribution < -0.4 is 10.1 Å². The van der Waals surface area contributed by atoms with Crippen molar-refractivity contribution in [3.05, 3.63) is 93.0 Å². The normalized spacial score (nSPS) is 13.7. The van der Waals surface area contributed by atoms with Gasteiger partial charge < -0.3 is 10.1 Å². The summed E-state index contributed by atoms with van der Waals surface area (Å²) in [4.78, 5) is 16.8. The fourth-order valence-corrected chi connectivity index (χ4v) is 4.14. The van der Waals surface area contributed by atoms with Gasteiger partial charge in [0.2, 0.25) is 5.88 Å². The molecule has 35 heavy (non-hydrogen) atoms. The molecule has 1 N–H and O–H groups in total. The first kappa shape index (κ1) is 27.0. The number of hydrogen-bond acceptors (Lipinski definition) is 3. The van der Waals surface area contributed by atoms with E-state index in [9.17, 15) is 18.0 Å². The highest BCUT2D eigenvalue weighted by Gasteiger charge is 2.34. The molecule has 0 aliphatic rings. The van der Waals surface area contributed by atoms with Crippen LogP contribution in [0.5, 0.6) is 5.88 Å². The molecule has 0 aliphatic carbocycles. The molecule has 0 fully saturated rings. The number of carbonyl (C=O) groups excluding carboxylic acids is 1. The summed E-state index contributed by atoms with van der Waals surface area (Å²) in [5, 5.41) is 3.66. The maximum absolute atomic E-state index is 13.1. The van der Waals surface area contributed by atoms with Crippen LogP contribution in [0.3, 0.4) is 0 Å². The highest BCUT2D eigenvalue weighted by molar-refractivity contribution is 9.10. The molecule has 3 rings (SSSR count). The molecule has 0 unspecified atom stereocenters. The van der Waals surface area contributed by atoms with E-state index in [-0.39, 0.29) is 17.8 Å². The molecule has 1 amide bonds. The molecule has 0 saturated carbocycles. The predicted molar refractivity (Wildman–Crippen MR) is 134 cm³/mol. The van der Waals surface area contributed by atoms with Gasteiger partial charge in [0.1, 0.15) is 0 Å². The second-order valence-corrected chi connectivity index (χ2v) is 10.1. The average Bonchev–Trinajstić information content (AvgIpc) is 2.78. The van der Waals surface area contributed by atoms with Crippen molar-refractivity contribution >= 4 is 33.4 Å². The molecule has 4 nitrogen and oxygen atoms in total. The number of carbonyl (C=O) groups is 1. The van der Waals surface area contributed by atoms with Crippen molar-refractivity contribution in [1.82, 2.24) is 10.3 Å². The largest absolute Gasteiger partial charge is 0.462 e. The van der Waals surface area contributed by atoms with Crippen LogP contribution in [0.15, 0.2) is 71.3 Å². The third-order valence-electron chi connectivity index (χ3n) is 5.58. The Morgan fingerprint density at radius 3 is 2.37 bits per heavy atom. The number of halogens is 5. The van der Waals surface area contributed by atoms with E-state index in [1.165, 1.54) is 0 Å². The molecular weight excluding hydrogens is 545 g/mol. The lowest BCUT2D eigenvalue weighted by atomic mass is 9.86. The van der Waals surface area contributed by atoms with Crippen molar-refractivity contribution < 1.29 is 22.7 Å². The zero-order valence-corrected chi connectivity index (χ0v) is 21.7. The fraction of sp³-hybridized carbons (Fsp3) is 0.308. The number of nitrogens with one attached hydrogen (secondary N) is 1. The highest BCUT2D eigenvalue weighted by atomic mass is 79.9. The van der Waals surface area contributed by atoms with Crippen LogP contribution in [-0.2, 0) is 17.4 Å². The molecule has 3 aromatic rings. The maximum atomic E-state index is 13.1. The number of aromatic nitrogens is 1. The van der Waals surface area contributed by atoms with Crippen LogP contribution in [0.2, 0.25) is 5.02 Å². The zero-order chi connectivity index (χ0) is 25.8. The van der Waals surface area contributed by atoms with E-state index in [2.05, 4.69) is 26.2 Å². The van der Waals surface area contributed by atoms with Crippen LogP contribution in [0.25, 0.3) is 0 Å². The maximum Gasteiger partial charge on any atom is 0.417 e. The minimum atomic E-state index is -4.50. The molecule has 0 spiro atoms. The van der Waals surface area contributed by atoms with Gasteiger partial charge in [-0.25, -0.2) is 4.98 Å². The second-order valence-electron chi connectivity index (χ2n) is 8.75. The van der Waals surface area contributed by atoms with Crippen molar-refractivity contribution in [2.24, 2.45) is 0 Å². The molecule has 0 radical (unpaired) electrons. The van der Waals surface area contributed by atoms with Crippen molar-refractivity contribution in [1.29, 1.82) is 0 Å². The Balaban J connectivity index is 1.76. The van der Waals surface area contributed by atoms with Gasteiger partial charge in [-0.3, -0.25) is 4.79 Å². The molecule has 186 valence electrons. The van der Waals surface area contributed by atoms with E-state index in [1.54, 1.807) is 13.8 Å². The third-order valence-corrected chi connectivity index (χ3v) is 6.32. The summed E-state index contributed by atoms with van der Waals surface area (Å²) in [6.45, 7) is 5.00. The number of benzene rings is 2. The smallest absolute Gasteiger partial charge is 0.417 e. The van der Waals surface area contributed by atoms with Gasteiger partial charge in [0.25, 0.3) is 5.91 Å². The summed E-state index contributed by atoms with van der Waals surface area (Å²) >= 11 is 9.54. The molecule has 2 aromatic carbocycles. The Kier molecular flexibility index (Phi) is 8.49. The lowest BCUT2D eigenvalue weighted by Gasteiger charge is -2.30.